The Morgan fingerprint density at radius 2 is 1.94 bits per heavy atom. The summed E-state index contributed by atoms with van der Waals surface area (Å²) >= 11 is 0. The quantitative estimate of drug-likeness (QED) is 0.885. The van der Waals surface area contributed by atoms with Crippen LogP contribution in [0.15, 0.2) is 30.3 Å². The van der Waals surface area contributed by atoms with E-state index >= 15 is 0 Å². The molecule has 1 aliphatic heterocycles. The molecule has 1 aromatic carbocycles. The number of aliphatic hydroxyl groups is 1. The molecule has 1 heterocycles. The molecule has 0 spiro atoms. The Kier molecular flexibility index (Phi) is 3.71. The highest BCUT2D eigenvalue weighted by Crippen LogP contribution is 2.29. The first-order valence-electron chi connectivity index (χ1n) is 6.65. The number of nitrogens with zero attached hydrogens (tertiary/aromatic N) is 1. The van der Waals surface area contributed by atoms with E-state index in [1.54, 1.807) is 4.90 Å². The highest BCUT2D eigenvalue weighted by Gasteiger charge is 2.43. The van der Waals surface area contributed by atoms with E-state index in [1.807, 2.05) is 44.2 Å². The van der Waals surface area contributed by atoms with Gasteiger partial charge in [-0.05, 0) is 18.4 Å². The van der Waals surface area contributed by atoms with Crippen LogP contribution in [0.5, 0.6) is 0 Å². The van der Waals surface area contributed by atoms with Gasteiger partial charge >= 0.3 is 0 Å². The van der Waals surface area contributed by atoms with Gasteiger partial charge in [-0.15, -0.1) is 0 Å². The van der Waals surface area contributed by atoms with Gasteiger partial charge in [0, 0.05) is 0 Å². The summed E-state index contributed by atoms with van der Waals surface area (Å²) in [5.41, 5.74) is 0.418. The standard InChI is InChI=1S/C15H21NO2/c1-3-13(12-8-6-5-7-9-12)14(17)16-10-15(18,4-2)11-16/h5-9,13,18H,3-4,10-11H2,1-2H3. The van der Waals surface area contributed by atoms with E-state index in [4.69, 9.17) is 0 Å². The van der Waals surface area contributed by atoms with Crippen LogP contribution in [0.3, 0.4) is 0 Å². The van der Waals surface area contributed by atoms with Crippen LogP contribution in [-0.4, -0.2) is 34.6 Å². The van der Waals surface area contributed by atoms with Crippen molar-refractivity contribution in [3.8, 4) is 0 Å². The zero-order chi connectivity index (χ0) is 13.2. The SMILES string of the molecule is CCC(C(=O)N1CC(O)(CC)C1)c1ccccc1. The van der Waals surface area contributed by atoms with Crippen LogP contribution < -0.4 is 0 Å². The van der Waals surface area contributed by atoms with Gasteiger partial charge in [0.05, 0.1) is 24.6 Å². The van der Waals surface area contributed by atoms with E-state index in [0.29, 0.717) is 19.5 Å². The molecular weight excluding hydrogens is 226 g/mol. The number of β-amino-alcohol motifs (C(OH)–C–C–N with tert-alkyl or cyclic N) is 1. The van der Waals surface area contributed by atoms with E-state index in [1.165, 1.54) is 0 Å². The zero-order valence-corrected chi connectivity index (χ0v) is 11.1. The zero-order valence-electron chi connectivity index (χ0n) is 11.1. The third-order valence-corrected chi connectivity index (χ3v) is 3.85. The Labute approximate surface area is 108 Å². The predicted molar refractivity (Wildman–Crippen MR) is 71.3 cm³/mol. The molecule has 0 aliphatic carbocycles. The third kappa shape index (κ3) is 2.41. The topological polar surface area (TPSA) is 40.5 Å². The number of carbonyl (C=O) groups is 1. The number of likely N-dealkylation sites (tertiary alicyclic amines) is 1. The van der Waals surface area contributed by atoms with Crippen LogP contribution in [0.25, 0.3) is 0 Å². The maximum absolute atomic E-state index is 12.4. The predicted octanol–water partition coefficient (Wildman–Crippen LogP) is 2.16. The molecule has 1 aromatic rings. The number of hydrogen-bond donors (Lipinski definition) is 1. The molecule has 1 aliphatic rings. The Bertz CT molecular complexity index is 410. The lowest BCUT2D eigenvalue weighted by molar-refractivity contribution is -0.157. The summed E-state index contributed by atoms with van der Waals surface area (Å²) in [5.74, 6) is 0.0643. The summed E-state index contributed by atoms with van der Waals surface area (Å²) in [6.07, 6.45) is 1.50. The Balaban J connectivity index is 2.05. The van der Waals surface area contributed by atoms with Gasteiger partial charge in [-0.25, -0.2) is 0 Å². The van der Waals surface area contributed by atoms with Crippen molar-refractivity contribution in [2.75, 3.05) is 13.1 Å². The first-order valence-corrected chi connectivity index (χ1v) is 6.65. The van der Waals surface area contributed by atoms with E-state index < -0.39 is 5.60 Å². The van der Waals surface area contributed by atoms with Crippen molar-refractivity contribution in [3.63, 3.8) is 0 Å². The molecule has 1 unspecified atom stereocenters. The lowest BCUT2D eigenvalue weighted by atomic mass is 9.87. The molecule has 1 N–H and O–H groups in total. The molecule has 0 saturated carbocycles. The smallest absolute Gasteiger partial charge is 0.230 e. The summed E-state index contributed by atoms with van der Waals surface area (Å²) in [6, 6.07) is 9.88. The largest absolute Gasteiger partial charge is 0.386 e. The van der Waals surface area contributed by atoms with Crippen molar-refractivity contribution in [3.05, 3.63) is 35.9 Å². The van der Waals surface area contributed by atoms with Crippen LogP contribution in [0.1, 0.15) is 38.2 Å². The lowest BCUT2D eigenvalue weighted by Crippen LogP contribution is -2.63. The maximum Gasteiger partial charge on any atom is 0.230 e. The fraction of sp³-hybridized carbons (Fsp3) is 0.533. The van der Waals surface area contributed by atoms with E-state index in [-0.39, 0.29) is 11.8 Å². The number of hydrogen-bond acceptors (Lipinski definition) is 2. The number of rotatable bonds is 4. The van der Waals surface area contributed by atoms with Crippen molar-refractivity contribution in [2.24, 2.45) is 0 Å². The van der Waals surface area contributed by atoms with Crippen molar-refractivity contribution in [2.45, 2.75) is 38.2 Å². The molecule has 1 fully saturated rings. The minimum atomic E-state index is -0.648. The van der Waals surface area contributed by atoms with Gasteiger partial charge in [0.1, 0.15) is 0 Å². The van der Waals surface area contributed by atoms with Crippen LogP contribution in [0, 0.1) is 0 Å². The fourth-order valence-corrected chi connectivity index (χ4v) is 2.50. The summed E-state index contributed by atoms with van der Waals surface area (Å²) in [7, 11) is 0. The van der Waals surface area contributed by atoms with Crippen molar-refractivity contribution in [1.82, 2.24) is 4.90 Å². The van der Waals surface area contributed by atoms with Crippen LogP contribution in [0.2, 0.25) is 0 Å². The number of amides is 1. The van der Waals surface area contributed by atoms with E-state index in [0.717, 1.165) is 12.0 Å². The molecule has 3 heteroatoms. The van der Waals surface area contributed by atoms with Crippen molar-refractivity contribution in [1.29, 1.82) is 0 Å². The van der Waals surface area contributed by atoms with Gasteiger partial charge in [-0.1, -0.05) is 44.2 Å². The average Bonchev–Trinajstić information content (AvgIpc) is 2.37. The molecule has 98 valence electrons. The first-order chi connectivity index (χ1) is 8.59. The van der Waals surface area contributed by atoms with E-state index in [9.17, 15) is 9.90 Å². The maximum atomic E-state index is 12.4. The molecule has 1 saturated heterocycles. The highest BCUT2D eigenvalue weighted by molar-refractivity contribution is 5.84. The molecule has 0 aromatic heterocycles. The molecule has 0 bridgehead atoms. The van der Waals surface area contributed by atoms with Gasteiger partial charge < -0.3 is 10.0 Å². The number of carbonyl (C=O) groups excluding carboxylic acids is 1. The van der Waals surface area contributed by atoms with Gasteiger partial charge in [0.25, 0.3) is 0 Å². The Morgan fingerprint density at radius 3 is 2.44 bits per heavy atom. The second-order valence-corrected chi connectivity index (χ2v) is 5.14. The average molecular weight is 247 g/mol. The lowest BCUT2D eigenvalue weighted by Gasteiger charge is -2.47. The fourth-order valence-electron chi connectivity index (χ4n) is 2.50. The van der Waals surface area contributed by atoms with Gasteiger partial charge in [0.2, 0.25) is 5.91 Å². The Morgan fingerprint density at radius 1 is 1.33 bits per heavy atom. The molecule has 18 heavy (non-hydrogen) atoms. The summed E-state index contributed by atoms with van der Waals surface area (Å²) in [4.78, 5) is 14.1. The van der Waals surface area contributed by atoms with Gasteiger partial charge in [0.15, 0.2) is 0 Å². The van der Waals surface area contributed by atoms with Crippen LogP contribution >= 0.6 is 0 Å². The Hall–Kier alpha value is -1.35. The summed E-state index contributed by atoms with van der Waals surface area (Å²) in [5, 5.41) is 9.97. The van der Waals surface area contributed by atoms with Gasteiger partial charge in [-0.2, -0.15) is 0 Å². The van der Waals surface area contributed by atoms with Crippen molar-refractivity contribution < 1.29 is 9.90 Å². The highest BCUT2D eigenvalue weighted by atomic mass is 16.3. The molecule has 3 nitrogen and oxygen atoms in total. The van der Waals surface area contributed by atoms with Crippen LogP contribution in [-0.2, 0) is 4.79 Å². The third-order valence-electron chi connectivity index (χ3n) is 3.85. The second-order valence-electron chi connectivity index (χ2n) is 5.14. The first kappa shape index (κ1) is 13.1. The normalized spacial score (nSPS) is 19.2. The molecule has 1 amide bonds. The molecule has 1 atom stereocenters. The number of benzene rings is 1. The molecular formula is C15H21NO2. The monoisotopic (exact) mass is 247 g/mol. The summed E-state index contributed by atoms with van der Waals surface area (Å²) < 4.78 is 0. The molecule has 0 radical (unpaired) electrons. The van der Waals surface area contributed by atoms with Crippen molar-refractivity contribution >= 4 is 5.91 Å². The second kappa shape index (κ2) is 5.11. The molecule has 2 rings (SSSR count). The minimum absolute atomic E-state index is 0.0763. The van der Waals surface area contributed by atoms with Gasteiger partial charge in [-0.3, -0.25) is 4.79 Å². The van der Waals surface area contributed by atoms with Crippen LogP contribution in [0.4, 0.5) is 0 Å². The van der Waals surface area contributed by atoms with E-state index in [2.05, 4.69) is 0 Å². The summed E-state index contributed by atoms with van der Waals surface area (Å²) in [6.45, 7) is 4.94. The minimum Gasteiger partial charge on any atom is -0.386 e.